The zero-order valence-corrected chi connectivity index (χ0v) is 15.5. The van der Waals surface area contributed by atoms with Gasteiger partial charge in [-0.05, 0) is 61.1 Å². The number of benzene rings is 2. The highest BCUT2D eigenvalue weighted by molar-refractivity contribution is 9.10. The Labute approximate surface area is 145 Å². The minimum absolute atomic E-state index is 1.17. The van der Waals surface area contributed by atoms with Crippen LogP contribution < -0.4 is 0 Å². The van der Waals surface area contributed by atoms with Crippen molar-refractivity contribution in [2.24, 2.45) is 0 Å². The van der Waals surface area contributed by atoms with E-state index in [2.05, 4.69) is 80.4 Å². The lowest BCUT2D eigenvalue weighted by Crippen LogP contribution is -1.88. The van der Waals surface area contributed by atoms with Crippen LogP contribution in [0.3, 0.4) is 0 Å². The minimum atomic E-state index is 1.17. The predicted octanol–water partition coefficient (Wildman–Crippen LogP) is 6.95. The molecule has 0 N–H and O–H groups in total. The predicted molar refractivity (Wildman–Crippen MR) is 98.8 cm³/mol. The van der Waals surface area contributed by atoms with Crippen LogP contribution in [0.4, 0.5) is 0 Å². The summed E-state index contributed by atoms with van der Waals surface area (Å²) in [7, 11) is 0. The quantitative estimate of drug-likeness (QED) is 0.414. The van der Waals surface area contributed by atoms with Gasteiger partial charge >= 0.3 is 0 Å². The second-order valence-corrected chi connectivity index (χ2v) is 7.35. The molecule has 2 heteroatoms. The third-order valence-electron chi connectivity index (χ3n) is 3.76. The van der Waals surface area contributed by atoms with Crippen molar-refractivity contribution in [3.05, 3.63) is 68.6 Å². The second-order valence-electron chi connectivity index (χ2n) is 5.52. The lowest BCUT2D eigenvalue weighted by molar-refractivity contribution is 0.613. The average molecular weight is 410 g/mol. The fourth-order valence-electron chi connectivity index (χ4n) is 2.49. The molecular formula is C19H22Br2. The smallest absolute Gasteiger partial charge is 0.0175 e. The van der Waals surface area contributed by atoms with E-state index in [9.17, 15) is 0 Å². The van der Waals surface area contributed by atoms with E-state index in [1.165, 1.54) is 65.0 Å². The fourth-order valence-corrected chi connectivity index (χ4v) is 3.02. The number of halogens is 2. The SMILES string of the molecule is Brc1ccc(CCCCCCCc2ccc(Br)cc2)cc1. The first kappa shape index (κ1) is 16.8. The van der Waals surface area contributed by atoms with Crippen LogP contribution in [-0.2, 0) is 12.8 Å². The van der Waals surface area contributed by atoms with Gasteiger partial charge in [-0.1, -0.05) is 75.4 Å². The number of hydrogen-bond acceptors (Lipinski definition) is 0. The molecular weight excluding hydrogens is 388 g/mol. The van der Waals surface area contributed by atoms with Gasteiger partial charge in [0, 0.05) is 8.95 Å². The average Bonchev–Trinajstić information content (AvgIpc) is 2.50. The van der Waals surface area contributed by atoms with Crippen molar-refractivity contribution in [1.29, 1.82) is 0 Å². The van der Waals surface area contributed by atoms with Gasteiger partial charge in [0.2, 0.25) is 0 Å². The van der Waals surface area contributed by atoms with Crippen LogP contribution in [0, 0.1) is 0 Å². The number of rotatable bonds is 8. The Hall–Kier alpha value is -0.600. The number of unbranched alkanes of at least 4 members (excludes halogenated alkanes) is 4. The van der Waals surface area contributed by atoms with E-state index in [1.807, 2.05) is 0 Å². The van der Waals surface area contributed by atoms with E-state index in [-0.39, 0.29) is 0 Å². The first-order valence-electron chi connectivity index (χ1n) is 7.73. The highest BCUT2D eigenvalue weighted by Gasteiger charge is 1.96. The molecule has 0 saturated carbocycles. The Morgan fingerprint density at radius 3 is 1.19 bits per heavy atom. The van der Waals surface area contributed by atoms with Crippen LogP contribution in [0.1, 0.15) is 43.2 Å². The fraction of sp³-hybridized carbons (Fsp3) is 0.368. The van der Waals surface area contributed by atoms with Crippen LogP contribution in [-0.4, -0.2) is 0 Å². The largest absolute Gasteiger partial charge is 0.0579 e. The summed E-state index contributed by atoms with van der Waals surface area (Å²) in [6, 6.07) is 17.4. The summed E-state index contributed by atoms with van der Waals surface area (Å²) in [6.07, 6.45) is 9.07. The molecule has 0 aliphatic carbocycles. The molecule has 0 aromatic heterocycles. The number of hydrogen-bond donors (Lipinski definition) is 0. The van der Waals surface area contributed by atoms with Crippen LogP contribution in [0.25, 0.3) is 0 Å². The maximum atomic E-state index is 3.48. The molecule has 0 nitrogen and oxygen atoms in total. The van der Waals surface area contributed by atoms with E-state index in [0.717, 1.165) is 0 Å². The van der Waals surface area contributed by atoms with Crippen molar-refractivity contribution in [3.63, 3.8) is 0 Å². The van der Waals surface area contributed by atoms with Crippen molar-refractivity contribution in [3.8, 4) is 0 Å². The summed E-state index contributed by atoms with van der Waals surface area (Å²) >= 11 is 6.95. The van der Waals surface area contributed by atoms with Crippen LogP contribution >= 0.6 is 31.9 Å². The Morgan fingerprint density at radius 2 is 0.810 bits per heavy atom. The lowest BCUT2D eigenvalue weighted by Gasteiger charge is -2.04. The summed E-state index contributed by atoms with van der Waals surface area (Å²) < 4.78 is 2.33. The van der Waals surface area contributed by atoms with Crippen LogP contribution in [0.2, 0.25) is 0 Å². The van der Waals surface area contributed by atoms with Crippen molar-refractivity contribution in [2.45, 2.75) is 44.9 Å². The van der Waals surface area contributed by atoms with Gasteiger partial charge in [0.15, 0.2) is 0 Å². The molecule has 0 atom stereocenters. The van der Waals surface area contributed by atoms with Gasteiger partial charge in [-0.25, -0.2) is 0 Å². The molecule has 0 spiro atoms. The Balaban J connectivity index is 1.52. The standard InChI is InChI=1S/C19H22Br2/c20-18-12-8-16(9-13-18)6-4-2-1-3-5-7-17-10-14-19(21)15-11-17/h8-15H,1-7H2. The molecule has 0 radical (unpaired) electrons. The summed E-state index contributed by atoms with van der Waals surface area (Å²) in [5.74, 6) is 0. The van der Waals surface area contributed by atoms with E-state index in [0.29, 0.717) is 0 Å². The summed E-state index contributed by atoms with van der Waals surface area (Å²) in [5, 5.41) is 0. The molecule has 0 bridgehead atoms. The Morgan fingerprint density at radius 1 is 0.476 bits per heavy atom. The lowest BCUT2D eigenvalue weighted by atomic mass is 10.0. The first-order valence-corrected chi connectivity index (χ1v) is 9.31. The maximum Gasteiger partial charge on any atom is 0.0175 e. The normalized spacial score (nSPS) is 10.8. The van der Waals surface area contributed by atoms with Crippen molar-refractivity contribution in [2.75, 3.05) is 0 Å². The molecule has 2 rings (SSSR count). The molecule has 21 heavy (non-hydrogen) atoms. The van der Waals surface area contributed by atoms with E-state index in [4.69, 9.17) is 0 Å². The van der Waals surface area contributed by atoms with Gasteiger partial charge in [-0.15, -0.1) is 0 Å². The van der Waals surface area contributed by atoms with Crippen LogP contribution in [0.5, 0.6) is 0 Å². The zero-order chi connectivity index (χ0) is 14.9. The molecule has 0 aliphatic heterocycles. The molecule has 112 valence electrons. The third kappa shape index (κ3) is 6.80. The molecule has 0 heterocycles. The molecule has 0 unspecified atom stereocenters. The number of aryl methyl sites for hydroxylation is 2. The van der Waals surface area contributed by atoms with Crippen molar-refractivity contribution >= 4 is 31.9 Å². The summed E-state index contributed by atoms with van der Waals surface area (Å²) in [5.41, 5.74) is 2.90. The van der Waals surface area contributed by atoms with E-state index < -0.39 is 0 Å². The van der Waals surface area contributed by atoms with Gasteiger partial charge in [0.05, 0.1) is 0 Å². The highest BCUT2D eigenvalue weighted by atomic mass is 79.9. The molecule has 0 amide bonds. The van der Waals surface area contributed by atoms with E-state index in [1.54, 1.807) is 0 Å². The maximum absolute atomic E-state index is 3.48. The topological polar surface area (TPSA) is 0 Å². The Bertz CT molecular complexity index is 465. The molecule has 0 fully saturated rings. The molecule has 0 saturated heterocycles. The molecule has 0 aliphatic rings. The van der Waals surface area contributed by atoms with Crippen LogP contribution in [0.15, 0.2) is 57.5 Å². The van der Waals surface area contributed by atoms with E-state index >= 15 is 0 Å². The monoisotopic (exact) mass is 408 g/mol. The molecule has 2 aromatic rings. The van der Waals surface area contributed by atoms with Gasteiger partial charge in [0.1, 0.15) is 0 Å². The highest BCUT2D eigenvalue weighted by Crippen LogP contribution is 2.15. The summed E-state index contributed by atoms with van der Waals surface area (Å²) in [6.45, 7) is 0. The van der Waals surface area contributed by atoms with Crippen molar-refractivity contribution in [1.82, 2.24) is 0 Å². The Kier molecular flexibility index (Phi) is 7.52. The minimum Gasteiger partial charge on any atom is -0.0579 e. The first-order chi connectivity index (χ1) is 10.2. The van der Waals surface area contributed by atoms with Crippen molar-refractivity contribution < 1.29 is 0 Å². The second kappa shape index (κ2) is 9.42. The molecule has 2 aromatic carbocycles. The van der Waals surface area contributed by atoms with Gasteiger partial charge in [-0.2, -0.15) is 0 Å². The summed E-state index contributed by atoms with van der Waals surface area (Å²) in [4.78, 5) is 0. The zero-order valence-electron chi connectivity index (χ0n) is 12.3. The third-order valence-corrected chi connectivity index (χ3v) is 4.81. The van der Waals surface area contributed by atoms with Gasteiger partial charge in [-0.3, -0.25) is 0 Å². The van der Waals surface area contributed by atoms with Gasteiger partial charge < -0.3 is 0 Å². The van der Waals surface area contributed by atoms with Gasteiger partial charge in [0.25, 0.3) is 0 Å².